The van der Waals surface area contributed by atoms with Crippen LogP contribution in [-0.4, -0.2) is 26.0 Å². The van der Waals surface area contributed by atoms with Gasteiger partial charge in [-0.2, -0.15) is 0 Å². The zero-order valence-corrected chi connectivity index (χ0v) is 21.6. The fourth-order valence-corrected chi connectivity index (χ4v) is 3.97. The molecule has 0 saturated heterocycles. The van der Waals surface area contributed by atoms with Crippen LogP contribution in [0.3, 0.4) is 0 Å². The molecular weight excluding hydrogens is 444 g/mol. The summed E-state index contributed by atoms with van der Waals surface area (Å²) in [7, 11) is 3.51. The van der Waals surface area contributed by atoms with Crippen LogP contribution in [0.1, 0.15) is 40.0 Å². The van der Waals surface area contributed by atoms with Crippen LogP contribution in [0, 0.1) is 0 Å². The van der Waals surface area contributed by atoms with Crippen molar-refractivity contribution in [2.45, 2.75) is 46.1 Å². The molecule has 1 amide bonds. The van der Waals surface area contributed by atoms with E-state index >= 15 is 0 Å². The van der Waals surface area contributed by atoms with Crippen LogP contribution < -0.4 is 21.3 Å². The Hall–Kier alpha value is -3.18. The number of likely N-dealkylation sites (N-methyl/N-ethyl adjacent to an activating group) is 2. The smallest absolute Gasteiger partial charge is 0.273 e. The number of anilines is 1. The Morgan fingerprint density at radius 3 is 2.12 bits per heavy atom. The molecular formula is C28H37ClN4O. The van der Waals surface area contributed by atoms with Gasteiger partial charge in [-0.15, -0.1) is 0 Å². The molecule has 5 nitrogen and oxygen atoms in total. The van der Waals surface area contributed by atoms with Crippen molar-refractivity contribution in [1.29, 1.82) is 0 Å². The molecule has 0 aliphatic carbocycles. The molecule has 0 aliphatic heterocycles. The number of benzene rings is 2. The molecule has 4 N–H and O–H groups in total. The van der Waals surface area contributed by atoms with Crippen LogP contribution in [0.15, 0.2) is 83.9 Å². The number of nitrogens with one attached hydrogen (secondary N) is 4. The summed E-state index contributed by atoms with van der Waals surface area (Å²) < 4.78 is 0. The van der Waals surface area contributed by atoms with Gasteiger partial charge >= 0.3 is 0 Å². The van der Waals surface area contributed by atoms with E-state index in [-0.39, 0.29) is 11.9 Å². The van der Waals surface area contributed by atoms with Crippen molar-refractivity contribution < 1.29 is 4.79 Å². The molecule has 1 atom stereocenters. The molecule has 2 rings (SSSR count). The van der Waals surface area contributed by atoms with Gasteiger partial charge in [0.25, 0.3) is 5.91 Å². The van der Waals surface area contributed by atoms with Gasteiger partial charge in [0.2, 0.25) is 0 Å². The Balaban J connectivity index is 2.20. The monoisotopic (exact) mass is 480 g/mol. The van der Waals surface area contributed by atoms with E-state index in [9.17, 15) is 4.79 Å². The molecule has 0 saturated carbocycles. The lowest BCUT2D eigenvalue weighted by Crippen LogP contribution is -2.34. The fraction of sp³-hybridized carbons (Fsp3) is 0.321. The minimum Gasteiger partial charge on any atom is -0.385 e. The van der Waals surface area contributed by atoms with Gasteiger partial charge in [-0.3, -0.25) is 4.79 Å². The van der Waals surface area contributed by atoms with Gasteiger partial charge in [0.1, 0.15) is 5.70 Å². The van der Waals surface area contributed by atoms with Crippen LogP contribution in [0.25, 0.3) is 11.1 Å². The predicted octanol–water partition coefficient (Wildman–Crippen LogP) is 6.22. The van der Waals surface area contributed by atoms with Crippen molar-refractivity contribution in [2.24, 2.45) is 0 Å². The molecule has 34 heavy (non-hydrogen) atoms. The lowest BCUT2D eigenvalue weighted by atomic mass is 10.1. The summed E-state index contributed by atoms with van der Waals surface area (Å²) in [6.07, 6.45) is 5.22. The number of amides is 1. The van der Waals surface area contributed by atoms with E-state index in [0.717, 1.165) is 30.4 Å². The maximum atomic E-state index is 13.1. The lowest BCUT2D eigenvalue weighted by molar-refractivity contribution is -0.113. The average molecular weight is 481 g/mol. The van der Waals surface area contributed by atoms with Gasteiger partial charge < -0.3 is 21.3 Å². The molecule has 0 heterocycles. The largest absolute Gasteiger partial charge is 0.385 e. The van der Waals surface area contributed by atoms with Crippen LogP contribution in [0.5, 0.6) is 0 Å². The zero-order chi connectivity index (χ0) is 25.1. The topological polar surface area (TPSA) is 65.2 Å². The number of allylic oxidation sites excluding steroid dienone is 1. The fourth-order valence-electron chi connectivity index (χ4n) is 3.73. The van der Waals surface area contributed by atoms with Crippen LogP contribution >= 0.6 is 11.6 Å². The third kappa shape index (κ3) is 7.16. The van der Waals surface area contributed by atoms with Crippen molar-refractivity contribution in [3.63, 3.8) is 0 Å². The molecule has 0 aliphatic rings. The Morgan fingerprint density at radius 1 is 0.971 bits per heavy atom. The molecule has 2 aromatic carbocycles. The van der Waals surface area contributed by atoms with Gasteiger partial charge in [-0.1, -0.05) is 80.9 Å². The van der Waals surface area contributed by atoms with E-state index in [4.69, 9.17) is 11.6 Å². The highest BCUT2D eigenvalue weighted by Gasteiger charge is 2.18. The quantitative estimate of drug-likeness (QED) is 0.165. The number of halogens is 1. The predicted molar refractivity (Wildman–Crippen MR) is 146 cm³/mol. The maximum absolute atomic E-state index is 13.1. The van der Waals surface area contributed by atoms with Crippen LogP contribution in [-0.2, 0) is 4.79 Å². The molecule has 0 fully saturated rings. The van der Waals surface area contributed by atoms with Gasteiger partial charge in [-0.05, 0) is 43.0 Å². The third-order valence-corrected chi connectivity index (χ3v) is 6.08. The zero-order valence-electron chi connectivity index (χ0n) is 20.9. The second-order valence-corrected chi connectivity index (χ2v) is 8.34. The maximum Gasteiger partial charge on any atom is 0.273 e. The lowest BCUT2D eigenvalue weighted by Gasteiger charge is -2.22. The first kappa shape index (κ1) is 27.1. The number of carbonyl (C=O) groups is 1. The normalized spacial score (nSPS) is 12.2. The molecule has 6 heteroatoms. The molecule has 0 aromatic heterocycles. The molecule has 2 aromatic rings. The van der Waals surface area contributed by atoms with E-state index in [1.165, 1.54) is 5.57 Å². The molecule has 1 unspecified atom stereocenters. The van der Waals surface area contributed by atoms with Gasteiger partial charge in [-0.25, -0.2) is 0 Å². The summed E-state index contributed by atoms with van der Waals surface area (Å²) in [6, 6.07) is 15.4. The second-order valence-electron chi connectivity index (χ2n) is 7.93. The minimum atomic E-state index is -0.258. The van der Waals surface area contributed by atoms with E-state index < -0.39 is 0 Å². The second kappa shape index (κ2) is 13.5. The number of rotatable bonds is 12. The van der Waals surface area contributed by atoms with Crippen molar-refractivity contribution >= 4 is 23.2 Å². The summed E-state index contributed by atoms with van der Waals surface area (Å²) in [6.45, 7) is 10.7. The minimum absolute atomic E-state index is 0.143. The molecule has 0 bridgehead atoms. The van der Waals surface area contributed by atoms with E-state index in [0.29, 0.717) is 27.8 Å². The van der Waals surface area contributed by atoms with Crippen LogP contribution in [0.2, 0.25) is 5.02 Å². The van der Waals surface area contributed by atoms with Crippen molar-refractivity contribution in [3.05, 3.63) is 88.9 Å². The summed E-state index contributed by atoms with van der Waals surface area (Å²) >= 11 is 6.31. The van der Waals surface area contributed by atoms with Gasteiger partial charge in [0.15, 0.2) is 0 Å². The Morgan fingerprint density at radius 2 is 1.59 bits per heavy atom. The highest BCUT2D eigenvalue weighted by Crippen LogP contribution is 2.28. The first-order chi connectivity index (χ1) is 16.4. The number of hydrogen-bond donors (Lipinski definition) is 4. The van der Waals surface area contributed by atoms with E-state index in [1.807, 2.05) is 48.5 Å². The van der Waals surface area contributed by atoms with Gasteiger partial charge in [0, 0.05) is 36.4 Å². The SMILES string of the molecule is C=C(NC(C=C(CC)CC)CC)/C(NC)=C(/NC)C(=O)Nc1ccc(-c2ccccc2Cl)cc1. The van der Waals surface area contributed by atoms with E-state index in [2.05, 4.69) is 54.7 Å². The van der Waals surface area contributed by atoms with Crippen molar-refractivity contribution in [1.82, 2.24) is 16.0 Å². The third-order valence-electron chi connectivity index (χ3n) is 5.75. The molecule has 182 valence electrons. The molecule has 0 radical (unpaired) electrons. The highest BCUT2D eigenvalue weighted by molar-refractivity contribution is 6.33. The Kier molecular flexibility index (Phi) is 10.8. The Bertz CT molecular complexity index is 1030. The number of hydrogen-bond acceptors (Lipinski definition) is 4. The molecule has 0 spiro atoms. The van der Waals surface area contributed by atoms with E-state index in [1.54, 1.807) is 14.1 Å². The first-order valence-corrected chi connectivity index (χ1v) is 12.2. The van der Waals surface area contributed by atoms with Crippen molar-refractivity contribution in [3.8, 4) is 11.1 Å². The van der Waals surface area contributed by atoms with Gasteiger partial charge in [0.05, 0.1) is 11.4 Å². The van der Waals surface area contributed by atoms with Crippen molar-refractivity contribution in [2.75, 3.05) is 19.4 Å². The standard InChI is InChI=1S/C28H37ClN4O/c1-7-20(8-2)18-22(9-3)32-19(4)26(30-5)27(31-6)28(34)33-23-16-14-21(15-17-23)24-12-10-11-13-25(24)29/h10-18,22,30-32H,4,7-9H2,1-3,5-6H3,(H,33,34)/b27-26-. The summed E-state index contributed by atoms with van der Waals surface area (Å²) in [5, 5.41) is 13.3. The summed E-state index contributed by atoms with van der Waals surface area (Å²) in [5.41, 5.74) is 5.70. The highest BCUT2D eigenvalue weighted by atomic mass is 35.5. The first-order valence-electron chi connectivity index (χ1n) is 11.8. The Labute approximate surface area is 209 Å². The summed E-state index contributed by atoms with van der Waals surface area (Å²) in [4.78, 5) is 13.1. The summed E-state index contributed by atoms with van der Waals surface area (Å²) in [5.74, 6) is -0.258. The van der Waals surface area contributed by atoms with Crippen LogP contribution in [0.4, 0.5) is 5.69 Å². The average Bonchev–Trinajstić information content (AvgIpc) is 2.85. The number of carbonyl (C=O) groups excluding carboxylic acids is 1.